The molecule has 0 aromatic carbocycles. The molecule has 2 nitrogen and oxygen atoms in total. The van der Waals surface area contributed by atoms with Gasteiger partial charge in [0.1, 0.15) is 7.11 Å². The van der Waals surface area contributed by atoms with Gasteiger partial charge in [-0.2, -0.15) is 0 Å². The molecule has 0 bridgehead atoms. The van der Waals surface area contributed by atoms with E-state index in [0.717, 1.165) is 24.7 Å². The number of nitrogens with zero attached hydrogens (tertiary/aromatic N) is 1. The van der Waals surface area contributed by atoms with Gasteiger partial charge in [0.15, 0.2) is 0 Å². The highest BCUT2D eigenvalue weighted by atomic mass is 16.6. The molecule has 1 aliphatic carbocycles. The molecule has 1 fully saturated rings. The van der Waals surface area contributed by atoms with E-state index >= 15 is 0 Å². The summed E-state index contributed by atoms with van der Waals surface area (Å²) in [7, 11) is 1.61. The molecule has 0 aliphatic heterocycles. The van der Waals surface area contributed by atoms with Crippen LogP contribution in [0, 0.1) is 11.8 Å². The summed E-state index contributed by atoms with van der Waals surface area (Å²) >= 11 is 0. The van der Waals surface area contributed by atoms with Crippen LogP contribution >= 0.6 is 0 Å². The minimum atomic E-state index is 0.802. The monoisotopic (exact) mass is 141 g/mol. The quantitative estimate of drug-likeness (QED) is 0.539. The van der Waals surface area contributed by atoms with Crippen LogP contribution < -0.4 is 0 Å². The molecule has 58 valence electrons. The molecule has 0 unspecified atom stereocenters. The van der Waals surface area contributed by atoms with Crippen LogP contribution in [0.25, 0.3) is 0 Å². The van der Waals surface area contributed by atoms with Crippen LogP contribution in [-0.4, -0.2) is 12.8 Å². The molecule has 1 rings (SSSR count). The first kappa shape index (κ1) is 7.58. The fourth-order valence-corrected chi connectivity index (χ4v) is 1.22. The second-order valence-electron chi connectivity index (χ2n) is 3.25. The minimum absolute atomic E-state index is 0.802. The third-order valence-corrected chi connectivity index (χ3v) is 2.16. The summed E-state index contributed by atoms with van der Waals surface area (Å²) in [6.07, 6.45) is 2.29. The van der Waals surface area contributed by atoms with Crippen molar-refractivity contribution in [2.24, 2.45) is 17.0 Å². The summed E-state index contributed by atoms with van der Waals surface area (Å²) in [5.74, 6) is 1.66. The SMILES string of the molecule is CON=C1CC(C(C)C)C1. The Balaban J connectivity index is 2.24. The zero-order valence-electron chi connectivity index (χ0n) is 6.92. The highest BCUT2D eigenvalue weighted by Crippen LogP contribution is 2.30. The van der Waals surface area contributed by atoms with E-state index in [1.165, 1.54) is 5.71 Å². The smallest absolute Gasteiger partial charge is 0.106 e. The number of oxime groups is 1. The van der Waals surface area contributed by atoms with Crippen molar-refractivity contribution in [1.29, 1.82) is 0 Å². The van der Waals surface area contributed by atoms with Crippen LogP contribution in [0.15, 0.2) is 5.16 Å². The maximum atomic E-state index is 4.66. The molecule has 10 heavy (non-hydrogen) atoms. The zero-order chi connectivity index (χ0) is 7.56. The Morgan fingerprint density at radius 1 is 1.50 bits per heavy atom. The maximum absolute atomic E-state index is 4.66. The zero-order valence-corrected chi connectivity index (χ0v) is 6.92. The Hall–Kier alpha value is -0.530. The Morgan fingerprint density at radius 3 is 2.50 bits per heavy atom. The Bertz CT molecular complexity index is 132. The molecule has 0 amide bonds. The molecule has 0 spiro atoms. The maximum Gasteiger partial charge on any atom is 0.106 e. The van der Waals surface area contributed by atoms with Gasteiger partial charge in [0.05, 0.1) is 5.71 Å². The van der Waals surface area contributed by atoms with Gasteiger partial charge in [0, 0.05) is 0 Å². The van der Waals surface area contributed by atoms with Gasteiger partial charge in [0.25, 0.3) is 0 Å². The van der Waals surface area contributed by atoms with Gasteiger partial charge in [-0.3, -0.25) is 0 Å². The fraction of sp³-hybridized carbons (Fsp3) is 0.875. The van der Waals surface area contributed by atoms with Crippen LogP contribution in [0.4, 0.5) is 0 Å². The molecule has 0 aromatic rings. The second-order valence-corrected chi connectivity index (χ2v) is 3.25. The molecular weight excluding hydrogens is 126 g/mol. The summed E-state index contributed by atoms with van der Waals surface area (Å²) in [5, 5.41) is 3.88. The summed E-state index contributed by atoms with van der Waals surface area (Å²) in [4.78, 5) is 4.66. The van der Waals surface area contributed by atoms with E-state index in [2.05, 4.69) is 23.8 Å². The average molecular weight is 141 g/mol. The summed E-state index contributed by atoms with van der Waals surface area (Å²) < 4.78 is 0. The molecule has 1 saturated carbocycles. The fourth-order valence-electron chi connectivity index (χ4n) is 1.22. The molecule has 0 aromatic heterocycles. The van der Waals surface area contributed by atoms with Gasteiger partial charge in [-0.25, -0.2) is 0 Å². The molecule has 0 saturated heterocycles. The summed E-state index contributed by atoms with van der Waals surface area (Å²) in [6.45, 7) is 4.52. The van der Waals surface area contributed by atoms with Gasteiger partial charge < -0.3 is 4.84 Å². The van der Waals surface area contributed by atoms with Crippen molar-refractivity contribution in [3.05, 3.63) is 0 Å². The summed E-state index contributed by atoms with van der Waals surface area (Å²) in [6, 6.07) is 0. The molecule has 0 heterocycles. The Morgan fingerprint density at radius 2 is 2.10 bits per heavy atom. The third kappa shape index (κ3) is 1.49. The lowest BCUT2D eigenvalue weighted by atomic mass is 9.76. The minimum Gasteiger partial charge on any atom is -0.399 e. The van der Waals surface area contributed by atoms with Crippen molar-refractivity contribution in [2.75, 3.05) is 7.11 Å². The molecule has 0 radical (unpaired) electrons. The normalized spacial score (nSPS) is 24.4. The van der Waals surface area contributed by atoms with Crippen LogP contribution in [0.5, 0.6) is 0 Å². The Kier molecular flexibility index (Phi) is 2.30. The van der Waals surface area contributed by atoms with Crippen molar-refractivity contribution in [3.63, 3.8) is 0 Å². The highest BCUT2D eigenvalue weighted by Gasteiger charge is 2.27. The van der Waals surface area contributed by atoms with E-state index in [9.17, 15) is 0 Å². The van der Waals surface area contributed by atoms with Gasteiger partial charge in [-0.15, -0.1) is 0 Å². The van der Waals surface area contributed by atoms with Gasteiger partial charge >= 0.3 is 0 Å². The van der Waals surface area contributed by atoms with Gasteiger partial charge in [-0.1, -0.05) is 19.0 Å². The lowest BCUT2D eigenvalue weighted by Gasteiger charge is -2.30. The van der Waals surface area contributed by atoms with E-state index in [0.29, 0.717) is 0 Å². The van der Waals surface area contributed by atoms with E-state index in [1.54, 1.807) is 7.11 Å². The standard InChI is InChI=1S/C8H15NO/c1-6(2)7-4-8(5-7)9-10-3/h6-7H,4-5H2,1-3H3. The third-order valence-electron chi connectivity index (χ3n) is 2.16. The van der Waals surface area contributed by atoms with E-state index in [1.807, 2.05) is 0 Å². The molecule has 0 atom stereocenters. The largest absolute Gasteiger partial charge is 0.399 e. The van der Waals surface area contributed by atoms with Crippen molar-refractivity contribution in [2.45, 2.75) is 26.7 Å². The first-order chi connectivity index (χ1) is 4.74. The Labute approximate surface area is 62.3 Å². The number of hydrogen-bond donors (Lipinski definition) is 0. The van der Waals surface area contributed by atoms with Crippen molar-refractivity contribution < 1.29 is 4.84 Å². The van der Waals surface area contributed by atoms with Crippen LogP contribution in [0.1, 0.15) is 26.7 Å². The lowest BCUT2D eigenvalue weighted by Crippen LogP contribution is -2.27. The van der Waals surface area contributed by atoms with Gasteiger partial charge in [0.2, 0.25) is 0 Å². The first-order valence-corrected chi connectivity index (χ1v) is 3.83. The van der Waals surface area contributed by atoms with E-state index in [4.69, 9.17) is 0 Å². The lowest BCUT2D eigenvalue weighted by molar-refractivity contribution is 0.203. The number of rotatable bonds is 2. The molecule has 1 aliphatic rings. The average Bonchev–Trinajstić information content (AvgIpc) is 1.76. The van der Waals surface area contributed by atoms with Crippen molar-refractivity contribution in [1.82, 2.24) is 0 Å². The topological polar surface area (TPSA) is 21.6 Å². The van der Waals surface area contributed by atoms with Crippen molar-refractivity contribution >= 4 is 5.71 Å². The van der Waals surface area contributed by atoms with E-state index in [-0.39, 0.29) is 0 Å². The predicted octanol–water partition coefficient (Wildman–Crippen LogP) is 2.05. The second kappa shape index (κ2) is 3.04. The molecule has 0 N–H and O–H groups in total. The van der Waals surface area contributed by atoms with Crippen molar-refractivity contribution in [3.8, 4) is 0 Å². The van der Waals surface area contributed by atoms with Gasteiger partial charge in [-0.05, 0) is 24.7 Å². The molecular formula is C8H15NO. The number of hydrogen-bond acceptors (Lipinski definition) is 2. The van der Waals surface area contributed by atoms with Crippen LogP contribution in [-0.2, 0) is 4.84 Å². The van der Waals surface area contributed by atoms with Crippen LogP contribution in [0.2, 0.25) is 0 Å². The summed E-state index contributed by atoms with van der Waals surface area (Å²) in [5.41, 5.74) is 1.22. The first-order valence-electron chi connectivity index (χ1n) is 3.83. The van der Waals surface area contributed by atoms with Crippen LogP contribution in [0.3, 0.4) is 0 Å². The highest BCUT2D eigenvalue weighted by molar-refractivity contribution is 5.89. The van der Waals surface area contributed by atoms with E-state index < -0.39 is 0 Å². The molecule has 2 heteroatoms. The predicted molar refractivity (Wildman–Crippen MR) is 42.0 cm³/mol.